The molecule has 2 aromatic heterocycles. The molecule has 2 aliphatic rings. The molecule has 0 aromatic carbocycles. The summed E-state index contributed by atoms with van der Waals surface area (Å²) in [5, 5.41) is 11.5. The number of carboxylic acids is 1. The van der Waals surface area contributed by atoms with Crippen LogP contribution in [-0.4, -0.2) is 80.6 Å². The highest BCUT2D eigenvalue weighted by Crippen LogP contribution is 2.25. The molecule has 2 aromatic rings. The van der Waals surface area contributed by atoms with E-state index in [1.165, 1.54) is 4.88 Å². The van der Waals surface area contributed by atoms with E-state index < -0.39 is 12.1 Å². The highest BCUT2D eigenvalue weighted by atomic mass is 32.1. The number of amides is 1. The Balaban J connectivity index is 0.000000339. The van der Waals surface area contributed by atoms with Crippen LogP contribution in [0.25, 0.3) is 0 Å². The average Bonchev–Trinajstić information content (AvgIpc) is 3.36. The van der Waals surface area contributed by atoms with Gasteiger partial charge in [-0.2, -0.15) is 18.3 Å². The molecule has 1 atom stereocenters. The molecule has 1 amide bonds. The van der Waals surface area contributed by atoms with Gasteiger partial charge in [0.05, 0.1) is 30.1 Å². The zero-order chi connectivity index (χ0) is 22.6. The first-order valence-corrected chi connectivity index (χ1v) is 10.3. The minimum Gasteiger partial charge on any atom is -0.475 e. The molecular weight excluding hydrogens is 439 g/mol. The van der Waals surface area contributed by atoms with Crippen LogP contribution < -0.4 is 0 Å². The molecule has 1 N–H and O–H groups in total. The molecule has 0 spiro atoms. The van der Waals surface area contributed by atoms with Crippen molar-refractivity contribution in [2.24, 2.45) is 0 Å². The van der Waals surface area contributed by atoms with Gasteiger partial charge in [0.2, 0.25) is 5.91 Å². The standard InChI is InChI=1S/C16H21N5O2S.C2HF3O2/c1-12-15(24-11-17-12)10-19-8-13-2-3-18-21(13)14(9-19)16(22)20-4-6-23-7-5-20;3-2(4,5)1(6)7/h2-3,11,14H,4-10H2,1H3;(H,6,7). The summed E-state index contributed by atoms with van der Waals surface area (Å²) >= 11 is 1.68. The first-order valence-electron chi connectivity index (χ1n) is 9.47. The van der Waals surface area contributed by atoms with Gasteiger partial charge in [-0.1, -0.05) is 0 Å². The number of hydrogen-bond donors (Lipinski definition) is 1. The molecule has 4 heterocycles. The average molecular weight is 461 g/mol. The summed E-state index contributed by atoms with van der Waals surface area (Å²) < 4.78 is 39.0. The lowest BCUT2D eigenvalue weighted by Gasteiger charge is -2.36. The molecule has 4 rings (SSSR count). The van der Waals surface area contributed by atoms with Crippen LogP contribution in [0.3, 0.4) is 0 Å². The molecule has 1 saturated heterocycles. The number of alkyl halides is 3. The highest BCUT2D eigenvalue weighted by molar-refractivity contribution is 7.09. The highest BCUT2D eigenvalue weighted by Gasteiger charge is 2.38. The predicted octanol–water partition coefficient (Wildman–Crippen LogP) is 1.70. The second-order valence-electron chi connectivity index (χ2n) is 7.05. The van der Waals surface area contributed by atoms with Gasteiger partial charge in [0, 0.05) is 43.8 Å². The largest absolute Gasteiger partial charge is 0.490 e. The van der Waals surface area contributed by atoms with Crippen LogP contribution in [0.4, 0.5) is 13.2 Å². The fraction of sp³-hybridized carbons (Fsp3) is 0.556. The zero-order valence-electron chi connectivity index (χ0n) is 16.7. The maximum absolute atomic E-state index is 13.0. The molecule has 9 nitrogen and oxygen atoms in total. The monoisotopic (exact) mass is 461 g/mol. The van der Waals surface area contributed by atoms with E-state index >= 15 is 0 Å². The Bertz CT molecular complexity index is 910. The molecule has 13 heteroatoms. The van der Waals surface area contributed by atoms with Crippen molar-refractivity contribution in [3.05, 3.63) is 34.0 Å². The number of halogens is 3. The lowest BCUT2D eigenvalue weighted by molar-refractivity contribution is -0.192. The maximum Gasteiger partial charge on any atom is 0.490 e. The van der Waals surface area contributed by atoms with Crippen LogP contribution in [0.5, 0.6) is 0 Å². The van der Waals surface area contributed by atoms with Crippen LogP contribution in [0.1, 0.15) is 22.3 Å². The number of carboxylic acid groups (broad SMARTS) is 1. The molecule has 1 unspecified atom stereocenters. The van der Waals surface area contributed by atoms with Crippen molar-refractivity contribution < 1.29 is 32.6 Å². The molecular formula is C18H22F3N5O4S. The maximum atomic E-state index is 13.0. The van der Waals surface area contributed by atoms with E-state index in [2.05, 4.69) is 15.0 Å². The molecule has 31 heavy (non-hydrogen) atoms. The van der Waals surface area contributed by atoms with Gasteiger partial charge < -0.3 is 14.7 Å². The van der Waals surface area contributed by atoms with Gasteiger partial charge in [-0.05, 0) is 13.0 Å². The fourth-order valence-corrected chi connectivity index (χ4v) is 4.16. The molecule has 2 aliphatic heterocycles. The van der Waals surface area contributed by atoms with E-state index in [4.69, 9.17) is 14.6 Å². The van der Waals surface area contributed by atoms with E-state index in [1.807, 2.05) is 28.1 Å². The number of thiazole rings is 1. The molecule has 0 saturated carbocycles. The van der Waals surface area contributed by atoms with Gasteiger partial charge in [0.1, 0.15) is 6.04 Å². The number of aliphatic carboxylic acids is 1. The molecule has 0 bridgehead atoms. The van der Waals surface area contributed by atoms with Crippen molar-refractivity contribution in [2.75, 3.05) is 32.8 Å². The van der Waals surface area contributed by atoms with Crippen molar-refractivity contribution in [3.8, 4) is 0 Å². The zero-order valence-corrected chi connectivity index (χ0v) is 17.5. The Morgan fingerprint density at radius 3 is 2.58 bits per heavy atom. The third kappa shape index (κ3) is 5.80. The van der Waals surface area contributed by atoms with Gasteiger partial charge >= 0.3 is 12.1 Å². The van der Waals surface area contributed by atoms with E-state index in [-0.39, 0.29) is 11.9 Å². The minimum atomic E-state index is -5.08. The van der Waals surface area contributed by atoms with Crippen molar-refractivity contribution in [1.29, 1.82) is 0 Å². The topological polar surface area (TPSA) is 101 Å². The van der Waals surface area contributed by atoms with Crippen LogP contribution in [-0.2, 0) is 27.4 Å². The molecule has 1 fully saturated rings. The summed E-state index contributed by atoms with van der Waals surface area (Å²) in [5.41, 5.74) is 4.06. The first kappa shape index (κ1) is 23.2. The van der Waals surface area contributed by atoms with Gasteiger partial charge in [0.15, 0.2) is 0 Å². The van der Waals surface area contributed by atoms with Gasteiger partial charge in [0.25, 0.3) is 0 Å². The third-order valence-electron chi connectivity index (χ3n) is 4.93. The van der Waals surface area contributed by atoms with Crippen molar-refractivity contribution in [3.63, 3.8) is 0 Å². The number of carbonyl (C=O) groups excluding carboxylic acids is 1. The lowest BCUT2D eigenvalue weighted by Crippen LogP contribution is -2.49. The molecule has 0 radical (unpaired) electrons. The predicted molar refractivity (Wildman–Crippen MR) is 103 cm³/mol. The number of morpholine rings is 1. The van der Waals surface area contributed by atoms with E-state index in [0.717, 1.165) is 24.5 Å². The second kappa shape index (κ2) is 9.75. The SMILES string of the molecule is Cc1ncsc1CN1Cc2ccnn2C(C(=O)N2CCOCC2)C1.O=C(O)C(F)(F)F. The van der Waals surface area contributed by atoms with Crippen LogP contribution in [0.15, 0.2) is 17.8 Å². The molecule has 170 valence electrons. The van der Waals surface area contributed by atoms with Crippen molar-refractivity contribution in [1.82, 2.24) is 24.6 Å². The van der Waals surface area contributed by atoms with Crippen molar-refractivity contribution in [2.45, 2.75) is 32.2 Å². The van der Waals surface area contributed by atoms with Crippen molar-refractivity contribution >= 4 is 23.2 Å². The Morgan fingerprint density at radius 2 is 2.00 bits per heavy atom. The number of nitrogens with zero attached hydrogens (tertiary/aromatic N) is 5. The summed E-state index contributed by atoms with van der Waals surface area (Å²) in [6.07, 6.45) is -3.30. The minimum absolute atomic E-state index is 0.147. The number of aryl methyl sites for hydroxylation is 1. The van der Waals surface area contributed by atoms with Gasteiger partial charge in [-0.3, -0.25) is 14.4 Å². The van der Waals surface area contributed by atoms with Crippen LogP contribution in [0.2, 0.25) is 0 Å². The van der Waals surface area contributed by atoms with Gasteiger partial charge in [-0.15, -0.1) is 11.3 Å². The number of hydrogen-bond acceptors (Lipinski definition) is 7. The third-order valence-corrected chi connectivity index (χ3v) is 5.85. The van der Waals surface area contributed by atoms with Gasteiger partial charge in [-0.25, -0.2) is 9.78 Å². The quantitative estimate of drug-likeness (QED) is 0.743. The number of ether oxygens (including phenoxy) is 1. The molecule has 0 aliphatic carbocycles. The number of aromatic nitrogens is 3. The summed E-state index contributed by atoms with van der Waals surface area (Å²) in [7, 11) is 0. The lowest BCUT2D eigenvalue weighted by atomic mass is 10.1. The summed E-state index contributed by atoms with van der Waals surface area (Å²) in [5.74, 6) is -2.61. The summed E-state index contributed by atoms with van der Waals surface area (Å²) in [6, 6.07) is 1.75. The second-order valence-corrected chi connectivity index (χ2v) is 7.99. The smallest absolute Gasteiger partial charge is 0.475 e. The fourth-order valence-electron chi connectivity index (χ4n) is 3.34. The van der Waals surface area contributed by atoms with E-state index in [9.17, 15) is 18.0 Å². The summed E-state index contributed by atoms with van der Waals surface area (Å²) in [6.45, 7) is 6.93. The number of rotatable bonds is 3. The number of carbonyl (C=O) groups is 2. The van der Waals surface area contributed by atoms with E-state index in [0.29, 0.717) is 32.8 Å². The summed E-state index contributed by atoms with van der Waals surface area (Å²) in [4.78, 5) is 31.7. The first-order chi connectivity index (χ1) is 14.7. The van der Waals surface area contributed by atoms with Crippen LogP contribution in [0, 0.1) is 6.92 Å². The normalized spacial score (nSPS) is 19.4. The Kier molecular flexibility index (Phi) is 7.28. The Labute approximate surface area is 180 Å². The Hall–Kier alpha value is -2.51. The van der Waals surface area contributed by atoms with E-state index in [1.54, 1.807) is 17.5 Å². The Morgan fingerprint density at radius 1 is 1.32 bits per heavy atom. The van der Waals surface area contributed by atoms with Crippen LogP contribution >= 0.6 is 11.3 Å². The number of fused-ring (bicyclic) bond motifs is 1.